The van der Waals surface area contributed by atoms with Crippen molar-refractivity contribution >= 4 is 10.8 Å². The molecule has 1 aliphatic rings. The summed E-state index contributed by atoms with van der Waals surface area (Å²) < 4.78 is 12.2. The average molecular weight is 231 g/mol. The van der Waals surface area contributed by atoms with E-state index >= 15 is 0 Å². The fourth-order valence-electron chi connectivity index (χ4n) is 2.30. The van der Waals surface area contributed by atoms with Gasteiger partial charge in [0.15, 0.2) is 0 Å². The number of hydrogen-bond donors (Lipinski definition) is 1. The lowest BCUT2D eigenvalue weighted by Crippen LogP contribution is -2.53. The molecular weight excluding hydrogens is 206 g/mol. The summed E-state index contributed by atoms with van der Waals surface area (Å²) in [5, 5.41) is 0.175. The highest BCUT2D eigenvalue weighted by molar-refractivity contribution is 7.87. The van der Waals surface area contributed by atoms with Crippen LogP contribution in [0, 0.1) is 5.41 Å². The van der Waals surface area contributed by atoms with Gasteiger partial charge in [-0.2, -0.15) is 0 Å². The van der Waals surface area contributed by atoms with Crippen molar-refractivity contribution in [1.82, 2.24) is 0 Å². The predicted molar refractivity (Wildman–Crippen MR) is 67.3 cm³/mol. The monoisotopic (exact) mass is 231 g/mol. The number of hydrogen-bond acceptors (Lipinski definition) is 2. The molecule has 0 heterocycles. The average Bonchev–Trinajstić information content (AvgIpc) is 2.07. The molecule has 15 heavy (non-hydrogen) atoms. The molecule has 0 saturated heterocycles. The van der Waals surface area contributed by atoms with Crippen LogP contribution in [-0.2, 0) is 10.8 Å². The van der Waals surface area contributed by atoms with E-state index in [1.165, 1.54) is 0 Å². The van der Waals surface area contributed by atoms with E-state index in [2.05, 4.69) is 13.8 Å². The maximum Gasteiger partial charge on any atom is 0.0509 e. The van der Waals surface area contributed by atoms with Gasteiger partial charge < -0.3 is 5.73 Å². The lowest BCUT2D eigenvalue weighted by atomic mass is 9.73. The van der Waals surface area contributed by atoms with E-state index in [1.807, 2.05) is 20.8 Å². The van der Waals surface area contributed by atoms with E-state index < -0.39 is 10.8 Å². The molecule has 3 heteroatoms. The van der Waals surface area contributed by atoms with E-state index in [1.54, 1.807) is 0 Å². The molecular formula is C12H25NOS. The Morgan fingerprint density at radius 1 is 1.33 bits per heavy atom. The SMILES string of the molecule is CC1(C)CCCC(S(=O)C(C)(C)C)C1N. The van der Waals surface area contributed by atoms with Crippen molar-refractivity contribution in [2.75, 3.05) is 0 Å². The molecule has 1 saturated carbocycles. The van der Waals surface area contributed by atoms with Crippen LogP contribution in [0.4, 0.5) is 0 Å². The lowest BCUT2D eigenvalue weighted by Gasteiger charge is -2.43. The van der Waals surface area contributed by atoms with Crippen molar-refractivity contribution in [3.05, 3.63) is 0 Å². The van der Waals surface area contributed by atoms with Crippen molar-refractivity contribution in [2.45, 2.75) is 69.9 Å². The van der Waals surface area contributed by atoms with Crippen LogP contribution in [0.15, 0.2) is 0 Å². The summed E-state index contributed by atoms with van der Waals surface area (Å²) in [5.74, 6) is 0. The zero-order valence-electron chi connectivity index (χ0n) is 10.7. The zero-order chi connectivity index (χ0) is 11.9. The van der Waals surface area contributed by atoms with E-state index in [-0.39, 0.29) is 21.5 Å². The molecule has 0 aromatic carbocycles. The number of nitrogens with two attached hydrogens (primary N) is 1. The van der Waals surface area contributed by atoms with Crippen molar-refractivity contribution in [3.8, 4) is 0 Å². The quantitative estimate of drug-likeness (QED) is 0.753. The second kappa shape index (κ2) is 4.17. The summed E-state index contributed by atoms with van der Waals surface area (Å²) in [5.41, 5.74) is 6.40. The van der Waals surface area contributed by atoms with Crippen LogP contribution in [-0.4, -0.2) is 20.2 Å². The van der Waals surface area contributed by atoms with Crippen molar-refractivity contribution in [2.24, 2.45) is 11.1 Å². The Bertz CT molecular complexity index is 255. The Labute approximate surface area is 96.5 Å². The molecule has 3 atom stereocenters. The van der Waals surface area contributed by atoms with Gasteiger partial charge in [0.2, 0.25) is 0 Å². The smallest absolute Gasteiger partial charge is 0.0509 e. The maximum atomic E-state index is 12.3. The van der Waals surface area contributed by atoms with Crippen LogP contribution in [0.25, 0.3) is 0 Å². The molecule has 0 bridgehead atoms. The highest BCUT2D eigenvalue weighted by atomic mass is 32.2. The minimum absolute atomic E-state index is 0.0753. The second-order valence-corrected chi connectivity index (χ2v) is 8.78. The third kappa shape index (κ3) is 2.82. The van der Waals surface area contributed by atoms with E-state index in [0.717, 1.165) is 19.3 Å². The topological polar surface area (TPSA) is 43.1 Å². The lowest BCUT2D eigenvalue weighted by molar-refractivity contribution is 0.206. The summed E-state index contributed by atoms with van der Waals surface area (Å²) in [6.45, 7) is 10.5. The van der Waals surface area contributed by atoms with Gasteiger partial charge in [-0.3, -0.25) is 4.21 Å². The standard InChI is InChI=1S/C12H25NOS/c1-11(2,3)15(14)9-7-6-8-12(4,5)10(9)13/h9-10H,6-8,13H2,1-5H3. The van der Waals surface area contributed by atoms with E-state index in [4.69, 9.17) is 5.73 Å². The van der Waals surface area contributed by atoms with Gasteiger partial charge in [0, 0.05) is 21.6 Å². The summed E-state index contributed by atoms with van der Waals surface area (Å²) in [6.07, 6.45) is 3.34. The summed E-state index contributed by atoms with van der Waals surface area (Å²) >= 11 is 0. The van der Waals surface area contributed by atoms with Crippen LogP contribution in [0.1, 0.15) is 53.9 Å². The van der Waals surface area contributed by atoms with Gasteiger partial charge in [-0.05, 0) is 39.0 Å². The molecule has 0 aromatic heterocycles. The first-order valence-electron chi connectivity index (χ1n) is 5.82. The van der Waals surface area contributed by atoms with Gasteiger partial charge in [-0.1, -0.05) is 20.3 Å². The maximum absolute atomic E-state index is 12.3. The predicted octanol–water partition coefficient (Wildman–Crippen LogP) is 2.44. The molecule has 0 aliphatic heterocycles. The van der Waals surface area contributed by atoms with Crippen molar-refractivity contribution in [3.63, 3.8) is 0 Å². The zero-order valence-corrected chi connectivity index (χ0v) is 11.5. The molecule has 0 spiro atoms. The summed E-state index contributed by atoms with van der Waals surface area (Å²) in [6, 6.07) is 0.0753. The molecule has 0 radical (unpaired) electrons. The molecule has 1 rings (SSSR count). The van der Waals surface area contributed by atoms with Gasteiger partial charge in [-0.25, -0.2) is 0 Å². The largest absolute Gasteiger partial charge is 0.326 e. The van der Waals surface area contributed by atoms with Gasteiger partial charge in [-0.15, -0.1) is 0 Å². The summed E-state index contributed by atoms with van der Waals surface area (Å²) in [7, 11) is -0.825. The molecule has 1 aliphatic carbocycles. The third-order valence-electron chi connectivity index (χ3n) is 3.49. The first kappa shape index (κ1) is 13.2. The van der Waals surface area contributed by atoms with Gasteiger partial charge >= 0.3 is 0 Å². The minimum Gasteiger partial charge on any atom is -0.326 e. The van der Waals surface area contributed by atoms with Crippen LogP contribution in [0.5, 0.6) is 0 Å². The fourth-order valence-corrected chi connectivity index (χ4v) is 4.23. The summed E-state index contributed by atoms with van der Waals surface area (Å²) in [4.78, 5) is 0. The first-order valence-corrected chi connectivity index (χ1v) is 7.04. The Balaban J connectivity index is 2.83. The molecule has 2 N–H and O–H groups in total. The molecule has 0 aromatic rings. The normalized spacial score (nSPS) is 33.7. The second-order valence-electron chi connectivity index (χ2n) is 6.35. The fraction of sp³-hybridized carbons (Fsp3) is 1.00. The minimum atomic E-state index is -0.825. The van der Waals surface area contributed by atoms with Crippen LogP contribution < -0.4 is 5.73 Å². The van der Waals surface area contributed by atoms with Gasteiger partial charge in [0.1, 0.15) is 0 Å². The molecule has 0 amide bonds. The van der Waals surface area contributed by atoms with Crippen LogP contribution in [0.2, 0.25) is 0 Å². The van der Waals surface area contributed by atoms with Gasteiger partial charge in [0.05, 0.1) is 5.25 Å². The third-order valence-corrected chi connectivity index (χ3v) is 5.78. The van der Waals surface area contributed by atoms with Crippen LogP contribution >= 0.6 is 0 Å². The highest BCUT2D eigenvalue weighted by Gasteiger charge is 2.41. The van der Waals surface area contributed by atoms with Crippen molar-refractivity contribution in [1.29, 1.82) is 0 Å². The van der Waals surface area contributed by atoms with Crippen LogP contribution in [0.3, 0.4) is 0 Å². The molecule has 90 valence electrons. The Hall–Kier alpha value is 0.110. The Kier molecular flexibility index (Phi) is 3.66. The molecule has 3 unspecified atom stereocenters. The highest BCUT2D eigenvalue weighted by Crippen LogP contribution is 2.38. The Morgan fingerprint density at radius 2 is 1.87 bits per heavy atom. The van der Waals surface area contributed by atoms with Gasteiger partial charge in [0.25, 0.3) is 0 Å². The van der Waals surface area contributed by atoms with Crippen molar-refractivity contribution < 1.29 is 4.21 Å². The Morgan fingerprint density at radius 3 is 2.33 bits per heavy atom. The van der Waals surface area contributed by atoms with E-state index in [9.17, 15) is 4.21 Å². The molecule has 1 fully saturated rings. The number of rotatable bonds is 1. The molecule has 2 nitrogen and oxygen atoms in total. The van der Waals surface area contributed by atoms with E-state index in [0.29, 0.717) is 0 Å². The first-order chi connectivity index (χ1) is 6.66.